The van der Waals surface area contributed by atoms with E-state index in [2.05, 4.69) is 0 Å². The van der Waals surface area contributed by atoms with E-state index in [1.54, 1.807) is 7.11 Å². The zero-order valence-corrected chi connectivity index (χ0v) is 8.95. The predicted molar refractivity (Wildman–Crippen MR) is 51.2 cm³/mol. The first-order valence-electron chi connectivity index (χ1n) is 4.88. The quantitative estimate of drug-likeness (QED) is 0.749. The summed E-state index contributed by atoms with van der Waals surface area (Å²) in [5.41, 5.74) is -0.365. The molecular formula is C10H18O4. The summed E-state index contributed by atoms with van der Waals surface area (Å²) in [5, 5.41) is 8.80. The smallest absolute Gasteiger partial charge is 0.303 e. The van der Waals surface area contributed by atoms with Gasteiger partial charge in [-0.05, 0) is 20.3 Å². The Hall–Kier alpha value is -0.610. The van der Waals surface area contributed by atoms with Crippen molar-refractivity contribution >= 4 is 5.97 Å². The number of hydrogen-bond donors (Lipinski definition) is 1. The van der Waals surface area contributed by atoms with Crippen LogP contribution in [0.5, 0.6) is 0 Å². The van der Waals surface area contributed by atoms with Gasteiger partial charge in [0.05, 0.1) is 18.1 Å². The van der Waals surface area contributed by atoms with Crippen LogP contribution in [0.4, 0.5) is 0 Å². The van der Waals surface area contributed by atoms with Crippen molar-refractivity contribution in [3.63, 3.8) is 0 Å². The molecule has 3 atom stereocenters. The van der Waals surface area contributed by atoms with E-state index in [1.165, 1.54) is 0 Å². The SMILES string of the molecule is COC1(C)CCOC(C)C1CC(=O)O. The highest BCUT2D eigenvalue weighted by Crippen LogP contribution is 2.35. The van der Waals surface area contributed by atoms with Gasteiger partial charge in [0.1, 0.15) is 0 Å². The van der Waals surface area contributed by atoms with Crippen molar-refractivity contribution in [1.82, 2.24) is 0 Å². The number of carbonyl (C=O) groups is 1. The Kier molecular flexibility index (Phi) is 3.50. The minimum Gasteiger partial charge on any atom is -0.481 e. The molecule has 0 spiro atoms. The van der Waals surface area contributed by atoms with Gasteiger partial charge < -0.3 is 14.6 Å². The van der Waals surface area contributed by atoms with Crippen molar-refractivity contribution in [2.45, 2.75) is 38.4 Å². The van der Waals surface area contributed by atoms with Crippen molar-refractivity contribution < 1.29 is 19.4 Å². The lowest BCUT2D eigenvalue weighted by molar-refractivity contribution is -0.168. The van der Waals surface area contributed by atoms with Gasteiger partial charge in [-0.25, -0.2) is 0 Å². The second-order valence-corrected chi connectivity index (χ2v) is 4.05. The van der Waals surface area contributed by atoms with Crippen LogP contribution in [0.15, 0.2) is 0 Å². The molecule has 1 saturated heterocycles. The Morgan fingerprint density at radius 3 is 2.86 bits per heavy atom. The van der Waals surface area contributed by atoms with Gasteiger partial charge in [-0.2, -0.15) is 0 Å². The molecule has 0 saturated carbocycles. The second kappa shape index (κ2) is 4.28. The van der Waals surface area contributed by atoms with E-state index in [1.807, 2.05) is 13.8 Å². The maximum atomic E-state index is 10.7. The summed E-state index contributed by atoms with van der Waals surface area (Å²) < 4.78 is 10.9. The van der Waals surface area contributed by atoms with Crippen LogP contribution in [0.1, 0.15) is 26.7 Å². The van der Waals surface area contributed by atoms with Crippen molar-refractivity contribution in [2.24, 2.45) is 5.92 Å². The van der Waals surface area contributed by atoms with Gasteiger partial charge in [-0.15, -0.1) is 0 Å². The molecule has 4 nitrogen and oxygen atoms in total. The van der Waals surface area contributed by atoms with Crippen LogP contribution >= 0.6 is 0 Å². The molecular weight excluding hydrogens is 184 g/mol. The standard InChI is InChI=1S/C10H18O4/c1-7-8(6-9(11)12)10(2,13-3)4-5-14-7/h7-8H,4-6H2,1-3H3,(H,11,12). The summed E-state index contributed by atoms with van der Waals surface area (Å²) in [6, 6.07) is 0. The molecule has 1 N–H and O–H groups in total. The molecule has 3 unspecified atom stereocenters. The van der Waals surface area contributed by atoms with Gasteiger partial charge in [0.15, 0.2) is 0 Å². The largest absolute Gasteiger partial charge is 0.481 e. The molecule has 14 heavy (non-hydrogen) atoms. The number of ether oxygens (including phenoxy) is 2. The third kappa shape index (κ3) is 2.25. The number of methoxy groups -OCH3 is 1. The van der Waals surface area contributed by atoms with E-state index in [-0.39, 0.29) is 24.0 Å². The average Bonchev–Trinajstić information content (AvgIpc) is 2.12. The number of carboxylic acids is 1. The molecule has 4 heteroatoms. The van der Waals surface area contributed by atoms with Crippen molar-refractivity contribution in [3.8, 4) is 0 Å². The van der Waals surface area contributed by atoms with E-state index in [4.69, 9.17) is 14.6 Å². The molecule has 1 rings (SSSR count). The zero-order chi connectivity index (χ0) is 10.8. The summed E-state index contributed by atoms with van der Waals surface area (Å²) in [5.74, 6) is -0.866. The van der Waals surface area contributed by atoms with Crippen LogP contribution < -0.4 is 0 Å². The summed E-state index contributed by atoms with van der Waals surface area (Å²) in [4.78, 5) is 10.7. The van der Waals surface area contributed by atoms with Gasteiger partial charge in [0.25, 0.3) is 0 Å². The summed E-state index contributed by atoms with van der Waals surface area (Å²) in [6.07, 6.45) is 0.807. The van der Waals surface area contributed by atoms with E-state index < -0.39 is 5.97 Å². The maximum Gasteiger partial charge on any atom is 0.303 e. The Morgan fingerprint density at radius 1 is 1.71 bits per heavy atom. The van der Waals surface area contributed by atoms with Gasteiger partial charge in [-0.3, -0.25) is 4.79 Å². The van der Waals surface area contributed by atoms with Crippen LogP contribution in [-0.2, 0) is 14.3 Å². The lowest BCUT2D eigenvalue weighted by atomic mass is 9.78. The van der Waals surface area contributed by atoms with Crippen LogP contribution in [0.3, 0.4) is 0 Å². The fraction of sp³-hybridized carbons (Fsp3) is 0.900. The van der Waals surface area contributed by atoms with Gasteiger partial charge in [-0.1, -0.05) is 0 Å². The van der Waals surface area contributed by atoms with Crippen LogP contribution in [0.25, 0.3) is 0 Å². The van der Waals surface area contributed by atoms with Gasteiger partial charge in [0.2, 0.25) is 0 Å². The number of carboxylic acid groups (broad SMARTS) is 1. The van der Waals surface area contributed by atoms with Crippen molar-refractivity contribution in [3.05, 3.63) is 0 Å². The average molecular weight is 202 g/mol. The van der Waals surface area contributed by atoms with E-state index in [9.17, 15) is 4.79 Å². The van der Waals surface area contributed by atoms with E-state index >= 15 is 0 Å². The maximum absolute atomic E-state index is 10.7. The fourth-order valence-electron chi connectivity index (χ4n) is 2.07. The van der Waals surface area contributed by atoms with Crippen molar-refractivity contribution in [1.29, 1.82) is 0 Å². The third-order valence-electron chi connectivity index (χ3n) is 3.19. The molecule has 0 bridgehead atoms. The second-order valence-electron chi connectivity index (χ2n) is 4.05. The molecule has 0 aromatic rings. The van der Waals surface area contributed by atoms with Crippen LogP contribution in [0, 0.1) is 5.92 Å². The van der Waals surface area contributed by atoms with Gasteiger partial charge in [0, 0.05) is 19.6 Å². The molecule has 0 aromatic heterocycles. The third-order valence-corrected chi connectivity index (χ3v) is 3.19. The summed E-state index contributed by atoms with van der Waals surface area (Å²) >= 11 is 0. The van der Waals surface area contributed by atoms with E-state index in [0.29, 0.717) is 6.61 Å². The Balaban J connectivity index is 2.75. The van der Waals surface area contributed by atoms with Crippen molar-refractivity contribution in [2.75, 3.05) is 13.7 Å². The highest BCUT2D eigenvalue weighted by Gasteiger charge is 2.42. The number of rotatable bonds is 3. The van der Waals surface area contributed by atoms with Crippen LogP contribution in [0.2, 0.25) is 0 Å². The van der Waals surface area contributed by atoms with Gasteiger partial charge >= 0.3 is 5.97 Å². The zero-order valence-electron chi connectivity index (χ0n) is 8.95. The highest BCUT2D eigenvalue weighted by atomic mass is 16.5. The highest BCUT2D eigenvalue weighted by molar-refractivity contribution is 5.67. The normalized spacial score (nSPS) is 38.2. The molecule has 1 aliphatic heterocycles. The molecule has 0 amide bonds. The first-order valence-corrected chi connectivity index (χ1v) is 4.88. The predicted octanol–water partition coefficient (Wildman–Crippen LogP) is 1.29. The molecule has 1 fully saturated rings. The summed E-state index contributed by atoms with van der Waals surface area (Å²) in [7, 11) is 1.63. The topological polar surface area (TPSA) is 55.8 Å². The lowest BCUT2D eigenvalue weighted by Crippen LogP contribution is -2.49. The molecule has 82 valence electrons. The lowest BCUT2D eigenvalue weighted by Gasteiger charge is -2.43. The monoisotopic (exact) mass is 202 g/mol. The number of aliphatic carboxylic acids is 1. The minimum atomic E-state index is -0.796. The molecule has 1 aliphatic rings. The minimum absolute atomic E-state index is 0.0511. The Morgan fingerprint density at radius 2 is 2.36 bits per heavy atom. The Labute approximate surface area is 84.2 Å². The molecule has 0 aromatic carbocycles. The first-order chi connectivity index (χ1) is 6.49. The summed E-state index contributed by atoms with van der Waals surface area (Å²) in [6.45, 7) is 4.51. The fourth-order valence-corrected chi connectivity index (χ4v) is 2.07. The molecule has 0 radical (unpaired) electrons. The first kappa shape index (κ1) is 11.5. The van der Waals surface area contributed by atoms with E-state index in [0.717, 1.165) is 6.42 Å². The number of hydrogen-bond acceptors (Lipinski definition) is 3. The molecule has 1 heterocycles. The molecule has 0 aliphatic carbocycles. The Bertz CT molecular complexity index is 216. The van der Waals surface area contributed by atoms with Crippen LogP contribution in [-0.4, -0.2) is 36.5 Å².